The molecule has 1 aromatic rings. The first-order valence-electron chi connectivity index (χ1n) is 7.75. The van der Waals surface area contributed by atoms with Crippen LogP contribution in [0.5, 0.6) is 5.75 Å². The molecular formula is C17H25NO. The van der Waals surface area contributed by atoms with Gasteiger partial charge in [0.1, 0.15) is 5.75 Å². The van der Waals surface area contributed by atoms with Gasteiger partial charge in [0, 0.05) is 12.1 Å². The van der Waals surface area contributed by atoms with Crippen LogP contribution in [0.25, 0.3) is 0 Å². The van der Waals surface area contributed by atoms with E-state index >= 15 is 0 Å². The van der Waals surface area contributed by atoms with E-state index in [0.29, 0.717) is 6.04 Å². The van der Waals surface area contributed by atoms with Gasteiger partial charge in [-0.1, -0.05) is 18.6 Å². The van der Waals surface area contributed by atoms with Crippen LogP contribution in [0.3, 0.4) is 0 Å². The van der Waals surface area contributed by atoms with Crippen molar-refractivity contribution in [3.8, 4) is 5.75 Å². The number of ether oxygens (including phenoxy) is 1. The molecule has 2 bridgehead atoms. The highest BCUT2D eigenvalue weighted by Gasteiger charge is 2.39. The Hall–Kier alpha value is -1.02. The van der Waals surface area contributed by atoms with Gasteiger partial charge in [-0.15, -0.1) is 0 Å². The van der Waals surface area contributed by atoms with Crippen molar-refractivity contribution in [3.63, 3.8) is 0 Å². The monoisotopic (exact) mass is 259 g/mol. The highest BCUT2D eigenvalue weighted by molar-refractivity contribution is 5.29. The summed E-state index contributed by atoms with van der Waals surface area (Å²) >= 11 is 0. The lowest BCUT2D eigenvalue weighted by molar-refractivity contribution is 0.326. The Balaban J connectivity index is 1.59. The number of fused-ring (bicyclic) bond motifs is 2. The molecule has 19 heavy (non-hydrogen) atoms. The maximum absolute atomic E-state index is 5.49. The van der Waals surface area contributed by atoms with Gasteiger partial charge in [0.25, 0.3) is 0 Å². The first-order chi connectivity index (χ1) is 9.26. The Morgan fingerprint density at radius 2 is 2.00 bits per heavy atom. The van der Waals surface area contributed by atoms with Gasteiger partial charge in [-0.3, -0.25) is 0 Å². The summed E-state index contributed by atoms with van der Waals surface area (Å²) in [6, 6.07) is 9.74. The Morgan fingerprint density at radius 1 is 1.21 bits per heavy atom. The zero-order chi connectivity index (χ0) is 13.2. The Morgan fingerprint density at radius 3 is 2.58 bits per heavy atom. The van der Waals surface area contributed by atoms with Crippen LogP contribution >= 0.6 is 0 Å². The van der Waals surface area contributed by atoms with Crippen LogP contribution in [0.1, 0.15) is 51.1 Å². The maximum atomic E-state index is 5.49. The topological polar surface area (TPSA) is 21.3 Å². The minimum absolute atomic E-state index is 0.444. The molecule has 4 atom stereocenters. The minimum Gasteiger partial charge on any atom is -0.494 e. The molecule has 1 N–H and O–H groups in total. The largest absolute Gasteiger partial charge is 0.494 e. The van der Waals surface area contributed by atoms with Gasteiger partial charge < -0.3 is 10.1 Å². The van der Waals surface area contributed by atoms with Gasteiger partial charge in [-0.25, -0.2) is 0 Å². The SMILES string of the molecule is CCOc1ccc(C(C)NC2CC3CCC2C3)cc1. The highest BCUT2D eigenvalue weighted by Crippen LogP contribution is 2.45. The van der Waals surface area contributed by atoms with Crippen LogP contribution in [0.15, 0.2) is 24.3 Å². The summed E-state index contributed by atoms with van der Waals surface area (Å²) in [5.74, 6) is 2.92. The van der Waals surface area contributed by atoms with Crippen molar-refractivity contribution in [1.82, 2.24) is 5.32 Å². The van der Waals surface area contributed by atoms with Gasteiger partial charge >= 0.3 is 0 Å². The molecule has 2 fully saturated rings. The van der Waals surface area contributed by atoms with E-state index in [1.165, 1.54) is 31.2 Å². The number of hydrogen-bond acceptors (Lipinski definition) is 2. The van der Waals surface area contributed by atoms with Crippen molar-refractivity contribution in [3.05, 3.63) is 29.8 Å². The predicted octanol–water partition coefficient (Wildman–Crippen LogP) is 3.92. The average Bonchev–Trinajstić information content (AvgIpc) is 3.02. The number of nitrogens with one attached hydrogen (secondary N) is 1. The van der Waals surface area contributed by atoms with E-state index in [2.05, 4.69) is 36.5 Å². The van der Waals surface area contributed by atoms with E-state index in [1.807, 2.05) is 6.92 Å². The summed E-state index contributed by atoms with van der Waals surface area (Å²) in [6.07, 6.45) is 5.78. The van der Waals surface area contributed by atoms with Crippen LogP contribution in [-0.4, -0.2) is 12.6 Å². The minimum atomic E-state index is 0.444. The summed E-state index contributed by atoms with van der Waals surface area (Å²) in [7, 11) is 0. The first-order valence-corrected chi connectivity index (χ1v) is 7.75. The lowest BCUT2D eigenvalue weighted by Crippen LogP contribution is -2.35. The average molecular weight is 259 g/mol. The Labute approximate surface area is 116 Å². The molecule has 2 heteroatoms. The molecule has 4 unspecified atom stereocenters. The molecule has 0 aromatic heterocycles. The third-order valence-corrected chi connectivity index (χ3v) is 4.89. The maximum Gasteiger partial charge on any atom is 0.119 e. The second-order valence-electron chi connectivity index (χ2n) is 6.17. The fourth-order valence-corrected chi connectivity index (χ4v) is 3.89. The Bertz CT molecular complexity index is 414. The van der Waals surface area contributed by atoms with Crippen molar-refractivity contribution in [2.45, 2.75) is 51.6 Å². The summed E-state index contributed by atoms with van der Waals surface area (Å²) < 4.78 is 5.49. The smallest absolute Gasteiger partial charge is 0.119 e. The zero-order valence-electron chi connectivity index (χ0n) is 12.1. The van der Waals surface area contributed by atoms with Crippen molar-refractivity contribution in [2.24, 2.45) is 11.8 Å². The van der Waals surface area contributed by atoms with Crippen LogP contribution in [-0.2, 0) is 0 Å². The molecule has 3 rings (SSSR count). The molecule has 2 aliphatic rings. The van der Waals surface area contributed by atoms with Crippen molar-refractivity contribution < 1.29 is 4.74 Å². The normalized spacial score (nSPS) is 30.5. The van der Waals surface area contributed by atoms with Crippen molar-refractivity contribution >= 4 is 0 Å². The van der Waals surface area contributed by atoms with Gasteiger partial charge in [0.2, 0.25) is 0 Å². The Kier molecular flexibility index (Phi) is 3.79. The van der Waals surface area contributed by atoms with E-state index < -0.39 is 0 Å². The molecule has 0 heterocycles. The van der Waals surface area contributed by atoms with Crippen molar-refractivity contribution in [1.29, 1.82) is 0 Å². The summed E-state index contributed by atoms with van der Waals surface area (Å²) in [5, 5.41) is 3.84. The fraction of sp³-hybridized carbons (Fsp3) is 0.647. The predicted molar refractivity (Wildman–Crippen MR) is 78.4 cm³/mol. The summed E-state index contributed by atoms with van der Waals surface area (Å²) in [6.45, 7) is 5.03. The molecule has 104 valence electrons. The molecule has 0 aliphatic heterocycles. The molecule has 2 aliphatic carbocycles. The molecule has 0 radical (unpaired) electrons. The summed E-state index contributed by atoms with van der Waals surface area (Å²) in [4.78, 5) is 0. The molecule has 0 saturated heterocycles. The molecule has 0 spiro atoms. The van der Waals surface area contributed by atoms with E-state index in [-0.39, 0.29) is 0 Å². The first kappa shape index (κ1) is 13.0. The van der Waals surface area contributed by atoms with Crippen LogP contribution in [0.4, 0.5) is 0 Å². The third-order valence-electron chi connectivity index (χ3n) is 4.89. The molecular weight excluding hydrogens is 234 g/mol. The number of hydrogen-bond donors (Lipinski definition) is 1. The molecule has 2 nitrogen and oxygen atoms in total. The second-order valence-corrected chi connectivity index (χ2v) is 6.17. The van der Waals surface area contributed by atoms with Crippen LogP contribution in [0, 0.1) is 11.8 Å². The lowest BCUT2D eigenvalue weighted by Gasteiger charge is -2.27. The second kappa shape index (κ2) is 5.54. The number of rotatable bonds is 5. The standard InChI is InChI=1S/C17H25NO/c1-3-19-16-8-6-14(7-9-16)12(2)18-17-11-13-4-5-15(17)10-13/h6-9,12-13,15,17-18H,3-5,10-11H2,1-2H3. The fourth-order valence-electron chi connectivity index (χ4n) is 3.89. The van der Waals surface area contributed by atoms with E-state index in [1.54, 1.807) is 0 Å². The lowest BCUT2D eigenvalue weighted by atomic mass is 9.94. The van der Waals surface area contributed by atoms with Crippen molar-refractivity contribution in [2.75, 3.05) is 6.61 Å². The highest BCUT2D eigenvalue weighted by atomic mass is 16.5. The third kappa shape index (κ3) is 2.79. The molecule has 1 aromatic carbocycles. The van der Waals surface area contributed by atoms with Gasteiger partial charge in [-0.05, 0) is 62.6 Å². The van der Waals surface area contributed by atoms with Crippen LogP contribution < -0.4 is 10.1 Å². The molecule has 2 saturated carbocycles. The zero-order valence-corrected chi connectivity index (χ0v) is 12.1. The van der Waals surface area contributed by atoms with Gasteiger partial charge in [0.05, 0.1) is 6.61 Å². The van der Waals surface area contributed by atoms with Gasteiger partial charge in [0.15, 0.2) is 0 Å². The summed E-state index contributed by atoms with van der Waals surface area (Å²) in [5.41, 5.74) is 1.37. The van der Waals surface area contributed by atoms with E-state index in [0.717, 1.165) is 30.2 Å². The quantitative estimate of drug-likeness (QED) is 0.865. The van der Waals surface area contributed by atoms with Gasteiger partial charge in [-0.2, -0.15) is 0 Å². The van der Waals surface area contributed by atoms with E-state index in [4.69, 9.17) is 4.74 Å². The van der Waals surface area contributed by atoms with Crippen LogP contribution in [0.2, 0.25) is 0 Å². The van der Waals surface area contributed by atoms with E-state index in [9.17, 15) is 0 Å². The number of benzene rings is 1. The molecule has 0 amide bonds.